The Morgan fingerprint density at radius 3 is 2.08 bits per heavy atom. The van der Waals surface area contributed by atoms with Gasteiger partial charge in [0.1, 0.15) is 0 Å². The molecule has 0 aliphatic rings. The Hall–Kier alpha value is -1.19. The average Bonchev–Trinajstić information content (AvgIpc) is 2.46. The first-order chi connectivity index (χ1) is 5.99. The van der Waals surface area contributed by atoms with Crippen molar-refractivity contribution < 1.29 is 13.9 Å². The van der Waals surface area contributed by atoms with E-state index in [2.05, 4.69) is 4.98 Å². The van der Waals surface area contributed by atoms with Gasteiger partial charge in [-0.05, 0) is 0 Å². The van der Waals surface area contributed by atoms with E-state index in [-0.39, 0.29) is 11.5 Å². The lowest BCUT2D eigenvalue weighted by Gasteiger charge is -2.14. The van der Waals surface area contributed by atoms with Gasteiger partial charge in [0.15, 0.2) is 5.76 Å². The molecule has 1 aromatic heterocycles. The molecule has 74 valence electrons. The maximum Gasteiger partial charge on any atom is 0.396 e. The molecule has 0 atom stereocenters. The first-order valence-electron chi connectivity index (χ1n) is 4.08. The van der Waals surface area contributed by atoms with Gasteiger partial charge in [0, 0.05) is 5.41 Å². The van der Waals surface area contributed by atoms with E-state index >= 15 is 0 Å². The number of oxazole rings is 1. The van der Waals surface area contributed by atoms with E-state index < -0.39 is 0 Å². The summed E-state index contributed by atoms with van der Waals surface area (Å²) in [4.78, 5) is 4.00. The predicted molar refractivity (Wildman–Crippen MR) is 48.3 cm³/mol. The van der Waals surface area contributed by atoms with E-state index in [9.17, 15) is 0 Å². The third-order valence-electron chi connectivity index (χ3n) is 1.63. The number of aromatic nitrogens is 1. The number of hydrogen-bond acceptors (Lipinski definition) is 4. The molecule has 0 spiro atoms. The van der Waals surface area contributed by atoms with Crippen molar-refractivity contribution >= 4 is 0 Å². The highest BCUT2D eigenvalue weighted by Crippen LogP contribution is 2.33. The van der Waals surface area contributed by atoms with Crippen LogP contribution in [0.15, 0.2) is 4.42 Å². The minimum atomic E-state index is -0.130. The Kier molecular flexibility index (Phi) is 2.50. The molecule has 0 aliphatic heterocycles. The van der Waals surface area contributed by atoms with Gasteiger partial charge in [-0.3, -0.25) is 0 Å². The summed E-state index contributed by atoms with van der Waals surface area (Å²) in [5.74, 6) is 1.19. The fourth-order valence-electron chi connectivity index (χ4n) is 0.987. The van der Waals surface area contributed by atoms with Crippen LogP contribution in [0.25, 0.3) is 0 Å². The second-order valence-corrected chi connectivity index (χ2v) is 3.77. The van der Waals surface area contributed by atoms with Crippen molar-refractivity contribution in [3.05, 3.63) is 5.76 Å². The number of methoxy groups -OCH3 is 2. The van der Waals surface area contributed by atoms with E-state index in [1.54, 1.807) is 7.11 Å². The van der Waals surface area contributed by atoms with Crippen molar-refractivity contribution in [1.82, 2.24) is 4.98 Å². The fourth-order valence-corrected chi connectivity index (χ4v) is 0.987. The van der Waals surface area contributed by atoms with Crippen LogP contribution in [0.5, 0.6) is 12.0 Å². The molecule has 0 amide bonds. The van der Waals surface area contributed by atoms with E-state index in [1.807, 2.05) is 20.8 Å². The van der Waals surface area contributed by atoms with E-state index in [4.69, 9.17) is 13.9 Å². The second-order valence-electron chi connectivity index (χ2n) is 3.77. The molecule has 4 heteroatoms. The number of nitrogens with zero attached hydrogens (tertiary/aromatic N) is 1. The quantitative estimate of drug-likeness (QED) is 0.706. The summed E-state index contributed by atoms with van der Waals surface area (Å²) in [7, 11) is 3.07. The summed E-state index contributed by atoms with van der Waals surface area (Å²) in [6, 6.07) is 0. The van der Waals surface area contributed by atoms with Crippen LogP contribution in [-0.2, 0) is 5.41 Å². The van der Waals surface area contributed by atoms with Gasteiger partial charge in [-0.1, -0.05) is 20.8 Å². The third kappa shape index (κ3) is 1.94. The molecule has 0 bridgehead atoms. The molecule has 1 aromatic rings. The zero-order valence-corrected chi connectivity index (χ0v) is 8.67. The van der Waals surface area contributed by atoms with Gasteiger partial charge in [0.25, 0.3) is 5.88 Å². The van der Waals surface area contributed by atoms with Gasteiger partial charge in [-0.2, -0.15) is 0 Å². The molecular formula is C9H15NO3. The zero-order chi connectivity index (χ0) is 10.1. The lowest BCUT2D eigenvalue weighted by molar-refractivity contribution is 0.264. The summed E-state index contributed by atoms with van der Waals surface area (Å²) in [6.45, 7) is 6.07. The Morgan fingerprint density at radius 2 is 1.77 bits per heavy atom. The molecule has 0 saturated carbocycles. The van der Waals surface area contributed by atoms with Crippen LogP contribution < -0.4 is 9.47 Å². The molecule has 0 fully saturated rings. The van der Waals surface area contributed by atoms with Crippen LogP contribution in [-0.4, -0.2) is 19.2 Å². The van der Waals surface area contributed by atoms with Gasteiger partial charge >= 0.3 is 6.08 Å². The highest BCUT2D eigenvalue weighted by Gasteiger charge is 2.26. The first kappa shape index (κ1) is 9.89. The molecule has 1 rings (SSSR count). The Bertz CT molecular complexity index is 286. The number of ether oxygens (including phenoxy) is 2. The Morgan fingerprint density at radius 1 is 1.15 bits per heavy atom. The minimum Gasteiger partial charge on any atom is -0.478 e. The summed E-state index contributed by atoms with van der Waals surface area (Å²) in [5.41, 5.74) is -0.130. The third-order valence-corrected chi connectivity index (χ3v) is 1.63. The SMILES string of the molecule is COc1nc(OC)c(C(C)(C)C)o1. The Labute approximate surface area is 77.9 Å². The van der Waals surface area contributed by atoms with Gasteiger partial charge in [-0.15, -0.1) is 4.98 Å². The topological polar surface area (TPSA) is 44.5 Å². The lowest BCUT2D eigenvalue weighted by atomic mass is 9.94. The molecule has 0 saturated heterocycles. The molecule has 1 heterocycles. The predicted octanol–water partition coefficient (Wildman–Crippen LogP) is 1.99. The van der Waals surface area contributed by atoms with E-state index in [0.717, 1.165) is 0 Å². The van der Waals surface area contributed by atoms with Gasteiger partial charge in [0.05, 0.1) is 14.2 Å². The van der Waals surface area contributed by atoms with Crippen LogP contribution in [0.1, 0.15) is 26.5 Å². The molecule has 0 N–H and O–H groups in total. The van der Waals surface area contributed by atoms with Crippen molar-refractivity contribution in [1.29, 1.82) is 0 Å². The summed E-state index contributed by atoms with van der Waals surface area (Å²) >= 11 is 0. The molecular weight excluding hydrogens is 170 g/mol. The number of hydrogen-bond donors (Lipinski definition) is 0. The van der Waals surface area contributed by atoms with Gasteiger partial charge in [0.2, 0.25) is 0 Å². The van der Waals surface area contributed by atoms with E-state index in [1.165, 1.54) is 7.11 Å². The van der Waals surface area contributed by atoms with Crippen LogP contribution in [0, 0.1) is 0 Å². The Balaban J connectivity index is 3.11. The van der Waals surface area contributed by atoms with Crippen LogP contribution >= 0.6 is 0 Å². The average molecular weight is 185 g/mol. The monoisotopic (exact) mass is 185 g/mol. The molecule has 0 aromatic carbocycles. The maximum atomic E-state index is 5.36. The highest BCUT2D eigenvalue weighted by molar-refractivity contribution is 5.25. The van der Waals surface area contributed by atoms with Crippen LogP contribution in [0.3, 0.4) is 0 Å². The smallest absolute Gasteiger partial charge is 0.396 e. The maximum absolute atomic E-state index is 5.36. The summed E-state index contributed by atoms with van der Waals surface area (Å²) in [6.07, 6.45) is 0.238. The summed E-state index contributed by atoms with van der Waals surface area (Å²) in [5, 5.41) is 0. The molecule has 0 unspecified atom stereocenters. The fraction of sp³-hybridized carbons (Fsp3) is 0.667. The largest absolute Gasteiger partial charge is 0.478 e. The highest BCUT2D eigenvalue weighted by atomic mass is 16.6. The van der Waals surface area contributed by atoms with Crippen molar-refractivity contribution in [3.8, 4) is 12.0 Å². The van der Waals surface area contributed by atoms with Crippen LogP contribution in [0.2, 0.25) is 0 Å². The lowest BCUT2D eigenvalue weighted by Crippen LogP contribution is -2.11. The number of rotatable bonds is 2. The summed E-state index contributed by atoms with van der Waals surface area (Å²) < 4.78 is 15.3. The molecule has 13 heavy (non-hydrogen) atoms. The second kappa shape index (κ2) is 3.28. The molecule has 0 radical (unpaired) electrons. The van der Waals surface area contributed by atoms with Crippen molar-refractivity contribution in [3.63, 3.8) is 0 Å². The van der Waals surface area contributed by atoms with Crippen molar-refractivity contribution in [2.75, 3.05) is 14.2 Å². The standard InChI is InChI=1S/C9H15NO3/c1-9(2,3)6-7(11-4)10-8(12-5)13-6/h1-5H3. The normalized spacial score (nSPS) is 11.5. The molecule has 4 nitrogen and oxygen atoms in total. The van der Waals surface area contributed by atoms with Crippen molar-refractivity contribution in [2.24, 2.45) is 0 Å². The van der Waals surface area contributed by atoms with Crippen molar-refractivity contribution in [2.45, 2.75) is 26.2 Å². The molecule has 0 aliphatic carbocycles. The van der Waals surface area contributed by atoms with Crippen LogP contribution in [0.4, 0.5) is 0 Å². The zero-order valence-electron chi connectivity index (χ0n) is 8.67. The van der Waals surface area contributed by atoms with E-state index in [0.29, 0.717) is 11.6 Å². The first-order valence-corrected chi connectivity index (χ1v) is 4.08. The van der Waals surface area contributed by atoms with Gasteiger partial charge < -0.3 is 13.9 Å². The van der Waals surface area contributed by atoms with Gasteiger partial charge in [-0.25, -0.2) is 0 Å². The minimum absolute atomic E-state index is 0.130.